The fourth-order valence-corrected chi connectivity index (χ4v) is 4.00. The van der Waals surface area contributed by atoms with Crippen LogP contribution in [0.3, 0.4) is 0 Å². The van der Waals surface area contributed by atoms with Crippen LogP contribution in [0, 0.1) is 5.82 Å². The highest BCUT2D eigenvalue weighted by Crippen LogP contribution is 2.30. The van der Waals surface area contributed by atoms with Gasteiger partial charge in [-0.3, -0.25) is 9.78 Å². The van der Waals surface area contributed by atoms with Gasteiger partial charge in [-0.05, 0) is 48.9 Å². The molecule has 1 unspecified atom stereocenters. The Labute approximate surface area is 191 Å². The minimum absolute atomic E-state index is 0.0181. The predicted molar refractivity (Wildman–Crippen MR) is 125 cm³/mol. The Morgan fingerprint density at radius 1 is 1.00 bits per heavy atom. The summed E-state index contributed by atoms with van der Waals surface area (Å²) in [6.45, 7) is 1.05. The van der Waals surface area contributed by atoms with Crippen LogP contribution in [0.2, 0.25) is 0 Å². The van der Waals surface area contributed by atoms with Crippen LogP contribution in [0.25, 0.3) is 11.3 Å². The van der Waals surface area contributed by atoms with Crippen molar-refractivity contribution in [3.05, 3.63) is 102 Å². The SMILES string of the molecule is O=C(c1cccc(F)c1)N1CCC(c2nc(Nc3ccccc3)cc(-c3cccnc3)n2)C1. The van der Waals surface area contributed by atoms with E-state index in [1.165, 1.54) is 12.1 Å². The lowest BCUT2D eigenvalue weighted by Gasteiger charge is -2.17. The molecular weight excluding hydrogens is 417 g/mol. The number of carbonyl (C=O) groups excluding carboxylic acids is 1. The van der Waals surface area contributed by atoms with E-state index >= 15 is 0 Å². The molecule has 1 saturated heterocycles. The molecule has 3 heterocycles. The number of carbonyl (C=O) groups is 1. The van der Waals surface area contributed by atoms with Crippen molar-refractivity contribution in [3.8, 4) is 11.3 Å². The Hall–Kier alpha value is -4.13. The lowest BCUT2D eigenvalue weighted by molar-refractivity contribution is 0.0790. The normalized spacial score (nSPS) is 15.4. The quantitative estimate of drug-likeness (QED) is 0.471. The number of hydrogen-bond donors (Lipinski definition) is 1. The molecule has 2 aromatic carbocycles. The van der Waals surface area contributed by atoms with Gasteiger partial charge in [0.2, 0.25) is 0 Å². The second-order valence-corrected chi connectivity index (χ2v) is 7.98. The highest BCUT2D eigenvalue weighted by atomic mass is 19.1. The van der Waals surface area contributed by atoms with Gasteiger partial charge in [0.15, 0.2) is 0 Å². The molecular formula is C26H22FN5O. The van der Waals surface area contributed by atoms with Gasteiger partial charge in [0, 0.05) is 54.3 Å². The third kappa shape index (κ3) is 4.72. The molecule has 0 bridgehead atoms. The Bertz CT molecular complexity index is 1270. The van der Waals surface area contributed by atoms with Crippen LogP contribution < -0.4 is 5.32 Å². The van der Waals surface area contributed by atoms with Crippen LogP contribution >= 0.6 is 0 Å². The largest absolute Gasteiger partial charge is 0.340 e. The number of nitrogens with one attached hydrogen (secondary N) is 1. The van der Waals surface area contributed by atoms with Crippen molar-refractivity contribution in [2.45, 2.75) is 12.3 Å². The summed E-state index contributed by atoms with van der Waals surface area (Å²) < 4.78 is 13.6. The Morgan fingerprint density at radius 2 is 1.88 bits per heavy atom. The number of benzene rings is 2. The second kappa shape index (κ2) is 9.16. The molecule has 1 amide bonds. The summed E-state index contributed by atoms with van der Waals surface area (Å²) in [5, 5.41) is 3.35. The molecule has 0 aliphatic carbocycles. The van der Waals surface area contributed by atoms with Crippen molar-refractivity contribution in [1.82, 2.24) is 19.9 Å². The molecule has 1 aliphatic heterocycles. The number of para-hydroxylation sites is 1. The first-order valence-corrected chi connectivity index (χ1v) is 10.8. The summed E-state index contributed by atoms with van der Waals surface area (Å²) in [7, 11) is 0. The summed E-state index contributed by atoms with van der Waals surface area (Å²) >= 11 is 0. The van der Waals surface area contributed by atoms with Crippen molar-refractivity contribution >= 4 is 17.4 Å². The number of nitrogens with zero attached hydrogens (tertiary/aromatic N) is 4. The minimum Gasteiger partial charge on any atom is -0.340 e. The molecule has 6 nitrogen and oxygen atoms in total. The van der Waals surface area contributed by atoms with Crippen LogP contribution in [0.4, 0.5) is 15.9 Å². The average molecular weight is 439 g/mol. The van der Waals surface area contributed by atoms with Crippen molar-refractivity contribution in [1.29, 1.82) is 0 Å². The number of likely N-dealkylation sites (tertiary alicyclic amines) is 1. The maximum Gasteiger partial charge on any atom is 0.253 e. The number of aromatic nitrogens is 3. The van der Waals surface area contributed by atoms with Gasteiger partial charge in [0.1, 0.15) is 17.5 Å². The lowest BCUT2D eigenvalue weighted by Crippen LogP contribution is -2.28. The van der Waals surface area contributed by atoms with Crippen LogP contribution in [0.1, 0.15) is 28.5 Å². The van der Waals surface area contributed by atoms with Gasteiger partial charge in [-0.15, -0.1) is 0 Å². The van der Waals surface area contributed by atoms with Crippen LogP contribution in [0.15, 0.2) is 85.2 Å². The Morgan fingerprint density at radius 3 is 2.67 bits per heavy atom. The summed E-state index contributed by atoms with van der Waals surface area (Å²) in [4.78, 5) is 28.4. The van der Waals surface area contributed by atoms with Crippen molar-refractivity contribution in [2.24, 2.45) is 0 Å². The molecule has 0 saturated carbocycles. The molecule has 33 heavy (non-hydrogen) atoms. The number of anilines is 2. The smallest absolute Gasteiger partial charge is 0.253 e. The van der Waals surface area contributed by atoms with Crippen LogP contribution in [0.5, 0.6) is 0 Å². The molecule has 2 aromatic heterocycles. The van der Waals surface area contributed by atoms with Gasteiger partial charge in [0.25, 0.3) is 5.91 Å². The van der Waals surface area contributed by atoms with E-state index in [-0.39, 0.29) is 11.8 Å². The molecule has 5 rings (SSSR count). The second-order valence-electron chi connectivity index (χ2n) is 7.98. The monoisotopic (exact) mass is 439 g/mol. The van der Waals surface area contributed by atoms with E-state index in [2.05, 4.69) is 10.3 Å². The highest BCUT2D eigenvalue weighted by molar-refractivity contribution is 5.94. The maximum atomic E-state index is 13.6. The van der Waals surface area contributed by atoms with E-state index in [0.717, 1.165) is 23.4 Å². The van der Waals surface area contributed by atoms with Gasteiger partial charge < -0.3 is 10.2 Å². The van der Waals surface area contributed by atoms with E-state index in [9.17, 15) is 9.18 Å². The van der Waals surface area contributed by atoms with Crippen molar-refractivity contribution < 1.29 is 9.18 Å². The van der Waals surface area contributed by atoms with Crippen molar-refractivity contribution in [2.75, 3.05) is 18.4 Å². The van der Waals surface area contributed by atoms with E-state index in [0.29, 0.717) is 30.3 Å². The summed E-state index contributed by atoms with van der Waals surface area (Å²) in [6.07, 6.45) is 4.23. The Balaban J connectivity index is 1.43. The molecule has 0 radical (unpaired) electrons. The van der Waals surface area contributed by atoms with E-state index in [1.54, 1.807) is 29.4 Å². The number of hydrogen-bond acceptors (Lipinski definition) is 5. The first-order chi connectivity index (χ1) is 16.2. The first-order valence-electron chi connectivity index (χ1n) is 10.8. The Kier molecular flexibility index (Phi) is 5.76. The number of pyridine rings is 1. The average Bonchev–Trinajstić information content (AvgIpc) is 3.35. The molecule has 164 valence electrons. The third-order valence-corrected chi connectivity index (χ3v) is 5.66. The van der Waals surface area contributed by atoms with Gasteiger partial charge in [-0.2, -0.15) is 0 Å². The number of halogens is 1. The zero-order chi connectivity index (χ0) is 22.6. The van der Waals surface area contributed by atoms with Crippen LogP contribution in [-0.4, -0.2) is 38.8 Å². The molecule has 0 spiro atoms. The fraction of sp³-hybridized carbons (Fsp3) is 0.154. The van der Waals surface area contributed by atoms with Gasteiger partial charge in [-0.1, -0.05) is 24.3 Å². The molecule has 1 aliphatic rings. The van der Waals surface area contributed by atoms with Crippen molar-refractivity contribution in [3.63, 3.8) is 0 Å². The standard InChI is InChI=1S/C26H22FN5O/c27-21-8-4-6-18(14-21)26(33)32-13-11-20(17-32)25-30-23(19-7-5-12-28-16-19)15-24(31-25)29-22-9-2-1-3-10-22/h1-10,12,14-16,20H,11,13,17H2,(H,29,30,31). The fourth-order valence-electron chi connectivity index (χ4n) is 4.00. The summed E-state index contributed by atoms with van der Waals surface area (Å²) in [5.41, 5.74) is 2.94. The zero-order valence-electron chi connectivity index (χ0n) is 17.9. The minimum atomic E-state index is -0.416. The molecule has 1 atom stereocenters. The van der Waals surface area contributed by atoms with E-state index in [4.69, 9.17) is 9.97 Å². The topological polar surface area (TPSA) is 71.0 Å². The molecule has 1 fully saturated rings. The van der Waals surface area contributed by atoms with E-state index in [1.807, 2.05) is 48.5 Å². The third-order valence-electron chi connectivity index (χ3n) is 5.66. The highest BCUT2D eigenvalue weighted by Gasteiger charge is 2.30. The summed E-state index contributed by atoms with van der Waals surface area (Å²) in [5.74, 6) is 0.739. The number of amides is 1. The van der Waals surface area contributed by atoms with Gasteiger partial charge in [-0.25, -0.2) is 14.4 Å². The molecule has 7 heteroatoms. The van der Waals surface area contributed by atoms with E-state index < -0.39 is 5.82 Å². The van der Waals surface area contributed by atoms with Crippen LogP contribution in [-0.2, 0) is 0 Å². The zero-order valence-corrected chi connectivity index (χ0v) is 17.9. The first kappa shape index (κ1) is 20.8. The number of rotatable bonds is 5. The van der Waals surface area contributed by atoms with Gasteiger partial charge in [0.05, 0.1) is 5.69 Å². The molecule has 1 N–H and O–H groups in total. The molecule has 4 aromatic rings. The lowest BCUT2D eigenvalue weighted by atomic mass is 10.1. The predicted octanol–water partition coefficient (Wildman–Crippen LogP) is 5.05. The van der Waals surface area contributed by atoms with Gasteiger partial charge >= 0.3 is 0 Å². The summed E-state index contributed by atoms with van der Waals surface area (Å²) in [6, 6.07) is 21.4. The maximum absolute atomic E-state index is 13.6.